The molecule has 0 bridgehead atoms. The number of aromatic hydroxyl groups is 1. The standard InChI is InChI=1S/C18H21NO7/c1-9-6-11-16(14(22)7-9)18(25)26-10(2)4-3-5-12(20)13(21)8-15(23)17(24)19-11/h3,5-7,10,13,15,21-23H,4,8H2,1-2H3,(H,19,24)/b5-3+/t10-,13-,15-/m0/s1. The van der Waals surface area contributed by atoms with E-state index in [-0.39, 0.29) is 23.4 Å². The molecule has 3 atom stereocenters. The quantitative estimate of drug-likeness (QED) is 0.502. The van der Waals surface area contributed by atoms with Gasteiger partial charge in [-0.05, 0) is 37.6 Å². The second-order valence-corrected chi connectivity index (χ2v) is 6.22. The Morgan fingerprint density at radius 3 is 2.54 bits per heavy atom. The van der Waals surface area contributed by atoms with Crippen LogP contribution in [0.3, 0.4) is 0 Å². The molecular weight excluding hydrogens is 342 g/mol. The summed E-state index contributed by atoms with van der Waals surface area (Å²) in [6.07, 6.45) is -1.59. The normalized spacial score (nSPS) is 26.3. The Morgan fingerprint density at radius 2 is 1.85 bits per heavy atom. The first-order valence-corrected chi connectivity index (χ1v) is 8.11. The largest absolute Gasteiger partial charge is 0.507 e. The summed E-state index contributed by atoms with van der Waals surface area (Å²) in [4.78, 5) is 36.3. The second-order valence-electron chi connectivity index (χ2n) is 6.22. The molecule has 0 aliphatic carbocycles. The SMILES string of the molecule is Cc1cc(O)c2c(c1)NC(=O)[C@@H](O)C[C@H](O)C(=O)/C=C/C[C@H](C)OC2=O. The number of phenolic OH excluding ortho intramolecular Hbond substituents is 1. The molecule has 0 unspecified atom stereocenters. The fourth-order valence-electron chi connectivity index (χ4n) is 2.51. The van der Waals surface area contributed by atoms with Crippen molar-refractivity contribution >= 4 is 23.3 Å². The zero-order valence-electron chi connectivity index (χ0n) is 14.4. The van der Waals surface area contributed by atoms with Gasteiger partial charge in [0.05, 0.1) is 5.69 Å². The number of hydrogen-bond acceptors (Lipinski definition) is 7. The number of phenols is 1. The lowest BCUT2D eigenvalue weighted by molar-refractivity contribution is -0.129. The predicted octanol–water partition coefficient (Wildman–Crippen LogP) is 0.825. The third-order valence-electron chi connectivity index (χ3n) is 3.86. The topological polar surface area (TPSA) is 133 Å². The van der Waals surface area contributed by atoms with Gasteiger partial charge in [-0.15, -0.1) is 0 Å². The lowest BCUT2D eigenvalue weighted by Crippen LogP contribution is -2.34. The summed E-state index contributed by atoms with van der Waals surface area (Å²) < 4.78 is 5.23. The van der Waals surface area contributed by atoms with Gasteiger partial charge < -0.3 is 25.4 Å². The fraction of sp³-hybridized carbons (Fsp3) is 0.389. The van der Waals surface area contributed by atoms with Crippen LogP contribution < -0.4 is 5.32 Å². The van der Waals surface area contributed by atoms with Gasteiger partial charge in [0, 0.05) is 12.8 Å². The average molecular weight is 363 g/mol. The first-order valence-electron chi connectivity index (χ1n) is 8.11. The number of esters is 1. The summed E-state index contributed by atoms with van der Waals surface area (Å²) in [6, 6.07) is 2.79. The smallest absolute Gasteiger partial charge is 0.344 e. The van der Waals surface area contributed by atoms with Gasteiger partial charge in [-0.1, -0.05) is 6.08 Å². The van der Waals surface area contributed by atoms with Crippen LogP contribution in [0.25, 0.3) is 0 Å². The fourth-order valence-corrected chi connectivity index (χ4v) is 2.51. The van der Waals surface area contributed by atoms with Crippen LogP contribution in [0.4, 0.5) is 5.69 Å². The molecule has 0 radical (unpaired) electrons. The number of carbonyl (C=O) groups is 3. The Kier molecular flexibility index (Phi) is 6.12. The van der Waals surface area contributed by atoms with Crippen LogP contribution >= 0.6 is 0 Å². The van der Waals surface area contributed by atoms with Crippen molar-refractivity contribution in [3.8, 4) is 5.75 Å². The van der Waals surface area contributed by atoms with Crippen LogP contribution in [-0.4, -0.2) is 51.3 Å². The van der Waals surface area contributed by atoms with Crippen LogP contribution in [0.5, 0.6) is 5.75 Å². The Hall–Kier alpha value is -2.71. The zero-order valence-corrected chi connectivity index (χ0v) is 14.4. The van der Waals surface area contributed by atoms with Crippen LogP contribution in [0, 0.1) is 6.92 Å². The Balaban J connectivity index is 2.44. The molecule has 140 valence electrons. The molecule has 1 aliphatic heterocycles. The lowest BCUT2D eigenvalue weighted by atomic mass is 10.0. The maximum Gasteiger partial charge on any atom is 0.344 e. The van der Waals surface area contributed by atoms with Crippen LogP contribution in [0.1, 0.15) is 35.7 Å². The molecule has 1 amide bonds. The van der Waals surface area contributed by atoms with Crippen molar-refractivity contribution in [3.05, 3.63) is 35.4 Å². The summed E-state index contributed by atoms with van der Waals surface area (Å²) >= 11 is 0. The molecule has 1 heterocycles. The molecule has 0 aromatic heterocycles. The third-order valence-corrected chi connectivity index (χ3v) is 3.86. The van der Waals surface area contributed by atoms with E-state index in [2.05, 4.69) is 5.32 Å². The van der Waals surface area contributed by atoms with Gasteiger partial charge in [-0.25, -0.2) is 4.79 Å². The Labute approximate surface area is 150 Å². The first-order chi connectivity index (χ1) is 12.2. The number of rotatable bonds is 0. The third kappa shape index (κ3) is 4.68. The number of ketones is 1. The highest BCUT2D eigenvalue weighted by molar-refractivity contribution is 6.04. The lowest BCUT2D eigenvalue weighted by Gasteiger charge is -2.19. The number of amides is 1. The number of benzene rings is 1. The highest BCUT2D eigenvalue weighted by Gasteiger charge is 2.27. The minimum atomic E-state index is -1.68. The molecule has 2 rings (SSSR count). The Morgan fingerprint density at radius 1 is 1.15 bits per heavy atom. The molecule has 0 spiro atoms. The van der Waals surface area contributed by atoms with Crippen molar-refractivity contribution < 1.29 is 34.4 Å². The van der Waals surface area contributed by atoms with E-state index in [1.165, 1.54) is 18.2 Å². The second kappa shape index (κ2) is 8.11. The van der Waals surface area contributed by atoms with Gasteiger partial charge in [0.25, 0.3) is 5.91 Å². The number of ether oxygens (including phenoxy) is 1. The van der Waals surface area contributed by atoms with Crippen molar-refractivity contribution in [1.29, 1.82) is 0 Å². The highest BCUT2D eigenvalue weighted by Crippen LogP contribution is 2.29. The highest BCUT2D eigenvalue weighted by atomic mass is 16.5. The van der Waals surface area contributed by atoms with Gasteiger partial charge in [-0.2, -0.15) is 0 Å². The van der Waals surface area contributed by atoms with Gasteiger partial charge in [0.15, 0.2) is 5.78 Å². The monoisotopic (exact) mass is 363 g/mol. The van der Waals surface area contributed by atoms with Crippen LogP contribution in [0.15, 0.2) is 24.3 Å². The van der Waals surface area contributed by atoms with Crippen molar-refractivity contribution in [2.75, 3.05) is 5.32 Å². The first kappa shape index (κ1) is 19.6. The molecular formula is C18H21NO7. The van der Waals surface area contributed by atoms with Crippen LogP contribution in [0.2, 0.25) is 0 Å². The van der Waals surface area contributed by atoms with E-state index < -0.39 is 42.4 Å². The molecule has 0 saturated carbocycles. The van der Waals surface area contributed by atoms with Crippen molar-refractivity contribution in [1.82, 2.24) is 0 Å². The van der Waals surface area contributed by atoms with E-state index in [1.54, 1.807) is 13.8 Å². The number of nitrogens with one attached hydrogen (secondary N) is 1. The number of carbonyl (C=O) groups excluding carboxylic acids is 3. The summed E-state index contributed by atoms with van der Waals surface area (Å²) in [7, 11) is 0. The summed E-state index contributed by atoms with van der Waals surface area (Å²) in [5.41, 5.74) is 0.300. The number of anilines is 1. The number of fused-ring (bicyclic) bond motifs is 1. The summed E-state index contributed by atoms with van der Waals surface area (Å²) in [5.74, 6) is -2.81. The number of aliphatic hydroxyl groups is 2. The molecule has 0 fully saturated rings. The molecule has 4 N–H and O–H groups in total. The maximum atomic E-state index is 12.4. The number of cyclic esters (lactones) is 1. The van der Waals surface area contributed by atoms with Crippen molar-refractivity contribution in [2.45, 2.75) is 45.0 Å². The minimum absolute atomic E-state index is 0.0304. The molecule has 1 aromatic rings. The summed E-state index contributed by atoms with van der Waals surface area (Å²) in [6.45, 7) is 3.25. The van der Waals surface area contributed by atoms with E-state index in [9.17, 15) is 29.7 Å². The number of hydrogen-bond donors (Lipinski definition) is 4. The maximum absolute atomic E-state index is 12.4. The van der Waals surface area contributed by atoms with Gasteiger partial charge in [0.2, 0.25) is 0 Å². The van der Waals surface area contributed by atoms with E-state index in [0.29, 0.717) is 5.56 Å². The zero-order chi connectivity index (χ0) is 19.4. The molecule has 1 aliphatic rings. The molecule has 0 saturated heterocycles. The average Bonchev–Trinajstić information content (AvgIpc) is 2.52. The minimum Gasteiger partial charge on any atom is -0.507 e. The van der Waals surface area contributed by atoms with Crippen molar-refractivity contribution in [2.24, 2.45) is 0 Å². The van der Waals surface area contributed by atoms with Gasteiger partial charge in [-0.3, -0.25) is 9.59 Å². The molecule has 8 nitrogen and oxygen atoms in total. The molecule has 1 aromatic carbocycles. The molecule has 8 heteroatoms. The van der Waals surface area contributed by atoms with Gasteiger partial charge >= 0.3 is 5.97 Å². The number of aliphatic hydroxyl groups excluding tert-OH is 2. The predicted molar refractivity (Wildman–Crippen MR) is 91.7 cm³/mol. The van der Waals surface area contributed by atoms with E-state index >= 15 is 0 Å². The van der Waals surface area contributed by atoms with Gasteiger partial charge in [0.1, 0.15) is 29.6 Å². The number of aryl methyl sites for hydroxylation is 1. The van der Waals surface area contributed by atoms with Crippen molar-refractivity contribution in [3.63, 3.8) is 0 Å². The van der Waals surface area contributed by atoms with E-state index in [0.717, 1.165) is 6.08 Å². The van der Waals surface area contributed by atoms with Crippen LogP contribution in [-0.2, 0) is 14.3 Å². The summed E-state index contributed by atoms with van der Waals surface area (Å²) in [5, 5.41) is 32.2. The Bertz CT molecular complexity index is 756. The van der Waals surface area contributed by atoms with E-state index in [4.69, 9.17) is 4.74 Å². The van der Waals surface area contributed by atoms with E-state index in [1.807, 2.05) is 0 Å². The molecule has 26 heavy (non-hydrogen) atoms.